The Bertz CT molecular complexity index is 1180. The molecule has 0 saturated heterocycles. The molecule has 29 heavy (non-hydrogen) atoms. The van der Waals surface area contributed by atoms with Gasteiger partial charge in [0.05, 0.1) is 23.2 Å². The number of rotatable bonds is 5. The van der Waals surface area contributed by atoms with Gasteiger partial charge < -0.3 is 9.73 Å². The Morgan fingerprint density at radius 3 is 2.72 bits per heavy atom. The topological polar surface area (TPSA) is 68.0 Å². The summed E-state index contributed by atoms with van der Waals surface area (Å²) in [5, 5.41) is 3.84. The first-order chi connectivity index (χ1) is 14.0. The number of para-hydroxylation sites is 1. The summed E-state index contributed by atoms with van der Waals surface area (Å²) >= 11 is 4.24. The largest absolute Gasteiger partial charge is 0.461 e. The minimum atomic E-state index is -0.859. The smallest absolute Gasteiger partial charge is 0.234 e. The third-order valence-electron chi connectivity index (χ3n) is 3.92. The molecule has 0 fully saturated rings. The SMILES string of the molecule is O=C(CSc1nc(-c2ccco2)nc2ccccc12)Nc1c(F)cc(F)cc1Br. The number of hydrogen-bond donors (Lipinski definition) is 1. The third-order valence-corrected chi connectivity index (χ3v) is 5.54. The number of anilines is 1. The monoisotopic (exact) mass is 475 g/mol. The molecule has 1 amide bonds. The molecule has 0 atom stereocenters. The lowest BCUT2D eigenvalue weighted by molar-refractivity contribution is -0.113. The number of hydrogen-bond acceptors (Lipinski definition) is 5. The molecule has 2 aromatic heterocycles. The van der Waals surface area contributed by atoms with E-state index in [0.29, 0.717) is 28.2 Å². The van der Waals surface area contributed by atoms with Crippen LogP contribution in [0.3, 0.4) is 0 Å². The fraction of sp³-hybridized carbons (Fsp3) is 0.0500. The Labute approximate surface area is 176 Å². The molecule has 0 saturated carbocycles. The molecule has 1 N–H and O–H groups in total. The number of carbonyl (C=O) groups is 1. The quantitative estimate of drug-likeness (QED) is 0.297. The second-order valence-electron chi connectivity index (χ2n) is 5.93. The van der Waals surface area contributed by atoms with Crippen molar-refractivity contribution in [3.63, 3.8) is 0 Å². The summed E-state index contributed by atoms with van der Waals surface area (Å²) in [7, 11) is 0. The van der Waals surface area contributed by atoms with Crippen LogP contribution in [-0.2, 0) is 4.79 Å². The highest BCUT2D eigenvalue weighted by Gasteiger charge is 2.16. The van der Waals surface area contributed by atoms with Gasteiger partial charge >= 0.3 is 0 Å². The average molecular weight is 476 g/mol. The van der Waals surface area contributed by atoms with Crippen LogP contribution in [0.2, 0.25) is 0 Å². The number of thioether (sulfide) groups is 1. The summed E-state index contributed by atoms with van der Waals surface area (Å²) in [5.74, 6) is -1.16. The number of nitrogens with one attached hydrogen (secondary N) is 1. The Hall–Kier alpha value is -2.78. The van der Waals surface area contributed by atoms with Gasteiger partial charge in [0.15, 0.2) is 17.4 Å². The van der Waals surface area contributed by atoms with E-state index in [4.69, 9.17) is 4.42 Å². The zero-order valence-electron chi connectivity index (χ0n) is 14.7. The molecule has 0 aliphatic carbocycles. The third kappa shape index (κ3) is 4.30. The van der Waals surface area contributed by atoms with Crippen LogP contribution in [0.1, 0.15) is 0 Å². The maximum Gasteiger partial charge on any atom is 0.234 e. The standard InChI is InChI=1S/C20H12BrF2N3O2S/c21-13-8-11(22)9-14(23)18(13)25-17(27)10-29-20-12-4-1-2-5-15(12)24-19(26-20)16-6-3-7-28-16/h1-9H,10H2,(H,25,27). The molecular weight excluding hydrogens is 464 g/mol. The van der Waals surface area contributed by atoms with Crippen molar-refractivity contribution in [3.8, 4) is 11.6 Å². The van der Waals surface area contributed by atoms with Crippen molar-refractivity contribution in [1.29, 1.82) is 0 Å². The Balaban J connectivity index is 1.57. The van der Waals surface area contributed by atoms with Gasteiger partial charge in [0, 0.05) is 15.9 Å². The maximum absolute atomic E-state index is 13.9. The van der Waals surface area contributed by atoms with Crippen LogP contribution in [0.15, 0.2) is 68.7 Å². The average Bonchev–Trinajstić information content (AvgIpc) is 3.23. The normalized spacial score (nSPS) is 11.0. The van der Waals surface area contributed by atoms with Gasteiger partial charge in [-0.3, -0.25) is 4.79 Å². The van der Waals surface area contributed by atoms with Crippen LogP contribution in [0.4, 0.5) is 14.5 Å². The first kappa shape index (κ1) is 19.5. The van der Waals surface area contributed by atoms with E-state index in [1.165, 1.54) is 18.0 Å². The number of carbonyl (C=O) groups excluding carboxylic acids is 1. The maximum atomic E-state index is 13.9. The van der Waals surface area contributed by atoms with E-state index in [-0.39, 0.29) is 15.9 Å². The van der Waals surface area contributed by atoms with Crippen LogP contribution < -0.4 is 5.32 Å². The molecule has 0 aliphatic heterocycles. The van der Waals surface area contributed by atoms with E-state index in [1.807, 2.05) is 24.3 Å². The summed E-state index contributed by atoms with van der Waals surface area (Å²) in [6, 6.07) is 12.7. The fourth-order valence-corrected chi connectivity index (χ4v) is 3.97. The second kappa shape index (κ2) is 8.30. The van der Waals surface area contributed by atoms with Gasteiger partial charge in [-0.05, 0) is 40.2 Å². The summed E-state index contributed by atoms with van der Waals surface area (Å²) in [5.41, 5.74) is 0.602. The van der Waals surface area contributed by atoms with Crippen molar-refractivity contribution in [1.82, 2.24) is 9.97 Å². The molecule has 4 rings (SSSR count). The summed E-state index contributed by atoms with van der Waals surface area (Å²) < 4.78 is 32.6. The summed E-state index contributed by atoms with van der Waals surface area (Å²) in [6.07, 6.45) is 1.53. The number of furan rings is 1. The molecule has 0 bridgehead atoms. The number of benzene rings is 2. The van der Waals surface area contributed by atoms with Crippen LogP contribution in [0, 0.1) is 11.6 Å². The predicted molar refractivity (Wildman–Crippen MR) is 111 cm³/mol. The lowest BCUT2D eigenvalue weighted by atomic mass is 10.2. The number of nitrogens with zero attached hydrogens (tertiary/aromatic N) is 2. The van der Waals surface area contributed by atoms with Crippen molar-refractivity contribution < 1.29 is 18.0 Å². The van der Waals surface area contributed by atoms with Gasteiger partial charge in [0.2, 0.25) is 5.91 Å². The molecule has 0 radical (unpaired) electrons. The first-order valence-electron chi connectivity index (χ1n) is 8.39. The van der Waals surface area contributed by atoms with E-state index >= 15 is 0 Å². The van der Waals surface area contributed by atoms with Crippen LogP contribution in [0.5, 0.6) is 0 Å². The van der Waals surface area contributed by atoms with Gasteiger partial charge in [0.25, 0.3) is 0 Å². The fourth-order valence-electron chi connectivity index (χ4n) is 2.64. The van der Waals surface area contributed by atoms with Crippen LogP contribution >= 0.6 is 27.7 Å². The highest BCUT2D eigenvalue weighted by Crippen LogP contribution is 2.30. The Morgan fingerprint density at radius 1 is 1.14 bits per heavy atom. The number of halogens is 3. The van der Waals surface area contributed by atoms with Gasteiger partial charge in [-0.2, -0.15) is 0 Å². The molecular formula is C20H12BrF2N3O2S. The first-order valence-corrected chi connectivity index (χ1v) is 10.2. The zero-order valence-corrected chi connectivity index (χ0v) is 17.1. The van der Waals surface area contributed by atoms with Crippen molar-refractivity contribution in [2.75, 3.05) is 11.1 Å². The highest BCUT2D eigenvalue weighted by molar-refractivity contribution is 9.10. The second-order valence-corrected chi connectivity index (χ2v) is 7.75. The number of aromatic nitrogens is 2. The molecule has 5 nitrogen and oxygen atoms in total. The highest BCUT2D eigenvalue weighted by atomic mass is 79.9. The van der Waals surface area contributed by atoms with E-state index in [0.717, 1.165) is 11.5 Å². The van der Waals surface area contributed by atoms with E-state index in [9.17, 15) is 13.6 Å². The molecule has 2 aromatic carbocycles. The molecule has 0 unspecified atom stereocenters. The molecule has 146 valence electrons. The van der Waals surface area contributed by atoms with Crippen molar-refractivity contribution in [3.05, 3.63) is 70.9 Å². The minimum Gasteiger partial charge on any atom is -0.461 e. The molecule has 2 heterocycles. The van der Waals surface area contributed by atoms with Gasteiger partial charge in [-0.1, -0.05) is 30.0 Å². The molecule has 0 spiro atoms. The van der Waals surface area contributed by atoms with E-state index in [2.05, 4.69) is 31.2 Å². The van der Waals surface area contributed by atoms with Gasteiger partial charge in [0.1, 0.15) is 10.8 Å². The van der Waals surface area contributed by atoms with E-state index < -0.39 is 17.5 Å². The number of amides is 1. The Morgan fingerprint density at radius 2 is 1.97 bits per heavy atom. The zero-order chi connectivity index (χ0) is 20.4. The number of fused-ring (bicyclic) bond motifs is 1. The van der Waals surface area contributed by atoms with E-state index in [1.54, 1.807) is 12.1 Å². The predicted octanol–water partition coefficient (Wildman–Crippen LogP) is 5.66. The summed E-state index contributed by atoms with van der Waals surface area (Å²) in [6.45, 7) is 0. The minimum absolute atomic E-state index is 0.0259. The van der Waals surface area contributed by atoms with Crippen molar-refractivity contribution in [2.45, 2.75) is 5.03 Å². The lowest BCUT2D eigenvalue weighted by Crippen LogP contribution is -2.16. The van der Waals surface area contributed by atoms with Crippen molar-refractivity contribution >= 4 is 50.2 Å². The molecule has 4 aromatic rings. The Kier molecular flexibility index (Phi) is 5.59. The van der Waals surface area contributed by atoms with Crippen molar-refractivity contribution in [2.24, 2.45) is 0 Å². The molecule has 9 heteroatoms. The summed E-state index contributed by atoms with van der Waals surface area (Å²) in [4.78, 5) is 21.4. The van der Waals surface area contributed by atoms with Gasteiger partial charge in [-0.25, -0.2) is 18.7 Å². The lowest BCUT2D eigenvalue weighted by Gasteiger charge is -2.10. The van der Waals surface area contributed by atoms with Crippen LogP contribution in [0.25, 0.3) is 22.5 Å². The molecule has 0 aliphatic rings. The van der Waals surface area contributed by atoms with Crippen LogP contribution in [-0.4, -0.2) is 21.6 Å². The van der Waals surface area contributed by atoms with Gasteiger partial charge in [-0.15, -0.1) is 0 Å².